The lowest BCUT2D eigenvalue weighted by Crippen LogP contribution is -2.42. The number of carboxylic acid groups (broad SMARTS) is 1. The molecule has 0 aliphatic carbocycles. The molecule has 36 heavy (non-hydrogen) atoms. The number of hydrogen-bond donors (Lipinski definition) is 3. The van der Waals surface area contributed by atoms with Crippen LogP contribution >= 0.6 is 11.6 Å². The van der Waals surface area contributed by atoms with Crippen molar-refractivity contribution in [3.63, 3.8) is 0 Å². The third-order valence-corrected chi connectivity index (χ3v) is 6.56. The van der Waals surface area contributed by atoms with Crippen LogP contribution in [0.2, 0.25) is 5.02 Å². The lowest BCUT2D eigenvalue weighted by Gasteiger charge is -2.40. The maximum absolute atomic E-state index is 12.2. The number of aromatic nitrogens is 1. The van der Waals surface area contributed by atoms with E-state index in [1.165, 1.54) is 16.7 Å². The molecule has 1 heterocycles. The number of aromatic hydroxyl groups is 2. The van der Waals surface area contributed by atoms with Crippen molar-refractivity contribution >= 4 is 17.6 Å². The molecule has 1 aromatic heterocycles. The zero-order valence-corrected chi connectivity index (χ0v) is 21.7. The van der Waals surface area contributed by atoms with Crippen LogP contribution in [0.15, 0.2) is 54.6 Å². The van der Waals surface area contributed by atoms with Gasteiger partial charge in [0.05, 0.1) is 25.1 Å². The Kier molecular flexibility index (Phi) is 8.76. The molecule has 0 saturated carbocycles. The summed E-state index contributed by atoms with van der Waals surface area (Å²) in [5.41, 5.74) is 0.742. The van der Waals surface area contributed by atoms with Crippen LogP contribution in [0.1, 0.15) is 37.9 Å². The van der Waals surface area contributed by atoms with Crippen molar-refractivity contribution in [2.24, 2.45) is 5.41 Å². The molecule has 0 spiro atoms. The van der Waals surface area contributed by atoms with Crippen molar-refractivity contribution in [1.29, 1.82) is 0 Å². The summed E-state index contributed by atoms with van der Waals surface area (Å²) in [4.78, 5) is 14.3. The Morgan fingerprint density at radius 3 is 2.25 bits per heavy atom. The van der Waals surface area contributed by atoms with Crippen molar-refractivity contribution in [1.82, 2.24) is 9.47 Å². The van der Waals surface area contributed by atoms with Crippen molar-refractivity contribution in [2.75, 3.05) is 20.3 Å². The number of aliphatic carboxylic acids is 1. The summed E-state index contributed by atoms with van der Waals surface area (Å²) >= 11 is 6.08. The van der Waals surface area contributed by atoms with Crippen LogP contribution < -0.4 is 9.47 Å². The maximum Gasteiger partial charge on any atom is 0.311 e. The first-order valence-corrected chi connectivity index (χ1v) is 12.1. The molecule has 1 unspecified atom stereocenters. The first kappa shape index (κ1) is 27.2. The van der Waals surface area contributed by atoms with E-state index in [4.69, 9.17) is 21.1 Å². The summed E-state index contributed by atoms with van der Waals surface area (Å²) in [5, 5.41) is 30.2. The van der Waals surface area contributed by atoms with Crippen LogP contribution in [0.3, 0.4) is 0 Å². The van der Waals surface area contributed by atoms with Crippen LogP contribution in [0.4, 0.5) is 0 Å². The number of methoxy groups -OCH3 is 1. The van der Waals surface area contributed by atoms with E-state index in [1.54, 1.807) is 39.2 Å². The minimum Gasteiger partial charge on any atom is -0.494 e. The van der Waals surface area contributed by atoms with Crippen molar-refractivity contribution < 1.29 is 29.6 Å². The van der Waals surface area contributed by atoms with Crippen LogP contribution in [0.5, 0.6) is 23.3 Å². The quantitative estimate of drug-likeness (QED) is 0.299. The van der Waals surface area contributed by atoms with E-state index in [2.05, 4.69) is 4.90 Å². The molecular weight excluding hydrogens is 484 g/mol. The normalized spacial score (nSPS) is 12.5. The van der Waals surface area contributed by atoms with Gasteiger partial charge in [0, 0.05) is 23.7 Å². The minimum atomic E-state index is -1.06. The fraction of sp³-hybridized carbons (Fsp3) is 0.370. The van der Waals surface area contributed by atoms with Crippen LogP contribution in [0.25, 0.3) is 0 Å². The van der Waals surface area contributed by atoms with Gasteiger partial charge in [0.25, 0.3) is 0 Å². The second-order valence-corrected chi connectivity index (χ2v) is 9.52. The van der Waals surface area contributed by atoms with Crippen molar-refractivity contribution in [3.8, 4) is 23.3 Å². The Bertz CT molecular complexity index is 1160. The highest BCUT2D eigenvalue weighted by Crippen LogP contribution is 2.40. The summed E-state index contributed by atoms with van der Waals surface area (Å²) in [5.74, 6) is 0.0813. The average Bonchev–Trinajstić information content (AvgIpc) is 3.17. The molecule has 0 radical (unpaired) electrons. The number of carbonyl (C=O) groups is 1. The van der Waals surface area contributed by atoms with Gasteiger partial charge in [0.15, 0.2) is 23.3 Å². The molecule has 194 valence electrons. The van der Waals surface area contributed by atoms with E-state index >= 15 is 0 Å². The van der Waals surface area contributed by atoms with E-state index in [1.807, 2.05) is 31.2 Å². The predicted octanol–water partition coefficient (Wildman–Crippen LogP) is 5.31. The van der Waals surface area contributed by atoms with E-state index in [0.29, 0.717) is 29.6 Å². The monoisotopic (exact) mass is 516 g/mol. The Morgan fingerprint density at radius 1 is 1.06 bits per heavy atom. The highest BCUT2D eigenvalue weighted by Gasteiger charge is 2.41. The van der Waals surface area contributed by atoms with Gasteiger partial charge in [-0.1, -0.05) is 36.7 Å². The molecule has 3 N–H and O–H groups in total. The molecule has 0 aliphatic rings. The van der Waals surface area contributed by atoms with Gasteiger partial charge in [-0.15, -0.1) is 0 Å². The number of ether oxygens (including phenoxy) is 2. The number of nitrogens with zero attached hydrogens (tertiary/aromatic N) is 2. The van der Waals surface area contributed by atoms with Crippen LogP contribution in [-0.2, 0) is 17.9 Å². The maximum atomic E-state index is 12.2. The minimum absolute atomic E-state index is 0.0439. The van der Waals surface area contributed by atoms with Gasteiger partial charge in [0.2, 0.25) is 0 Å². The smallest absolute Gasteiger partial charge is 0.311 e. The fourth-order valence-electron chi connectivity index (χ4n) is 4.32. The molecule has 1 atom stereocenters. The highest BCUT2D eigenvalue weighted by molar-refractivity contribution is 6.30. The largest absolute Gasteiger partial charge is 0.494 e. The second kappa shape index (κ2) is 11.6. The van der Waals surface area contributed by atoms with Gasteiger partial charge in [-0.05, 0) is 55.8 Å². The zero-order chi connectivity index (χ0) is 26.5. The summed E-state index contributed by atoms with van der Waals surface area (Å²) in [6, 6.07) is 15.3. The van der Waals surface area contributed by atoms with Gasteiger partial charge in [-0.3, -0.25) is 14.3 Å². The van der Waals surface area contributed by atoms with Gasteiger partial charge in [-0.25, -0.2) is 0 Å². The molecular formula is C27H33ClN2O6. The van der Waals surface area contributed by atoms with Crippen LogP contribution in [0, 0.1) is 5.41 Å². The summed E-state index contributed by atoms with van der Waals surface area (Å²) < 4.78 is 12.7. The van der Waals surface area contributed by atoms with Gasteiger partial charge in [0.1, 0.15) is 6.61 Å². The first-order valence-electron chi connectivity index (χ1n) is 11.7. The standard InChI is InChI=1S/C27H33ClN2O6/c1-5-29(25(27(2,3)26(33)34)19-7-9-20(28)10-8-19)17-18-6-11-21(22(16-18)35-4)36-15-14-30-23(31)12-13-24(30)32/h6-13,16,25,31-32H,5,14-15,17H2,1-4H3,(H,33,34). The predicted molar refractivity (Wildman–Crippen MR) is 138 cm³/mol. The summed E-state index contributed by atoms with van der Waals surface area (Å²) in [7, 11) is 1.55. The van der Waals surface area contributed by atoms with E-state index in [9.17, 15) is 20.1 Å². The Labute approximate surface area is 216 Å². The topological polar surface area (TPSA) is 104 Å². The Balaban J connectivity index is 1.81. The van der Waals surface area contributed by atoms with E-state index in [-0.39, 0.29) is 24.9 Å². The Morgan fingerprint density at radius 2 is 1.69 bits per heavy atom. The lowest BCUT2D eigenvalue weighted by atomic mass is 9.79. The third kappa shape index (κ3) is 6.06. The molecule has 0 bridgehead atoms. The van der Waals surface area contributed by atoms with Crippen molar-refractivity contribution in [3.05, 3.63) is 70.7 Å². The first-order chi connectivity index (χ1) is 17.1. The molecule has 3 aromatic rings. The molecule has 0 aliphatic heterocycles. The number of benzene rings is 2. The number of hydrogen-bond acceptors (Lipinski definition) is 6. The molecule has 3 rings (SSSR count). The van der Waals surface area contributed by atoms with Crippen molar-refractivity contribution in [2.45, 2.75) is 39.9 Å². The molecule has 2 aromatic carbocycles. The molecule has 0 saturated heterocycles. The number of carboxylic acids is 1. The molecule has 0 amide bonds. The van der Waals surface area contributed by atoms with Gasteiger partial charge in [-0.2, -0.15) is 0 Å². The fourth-order valence-corrected chi connectivity index (χ4v) is 4.44. The molecule has 8 nitrogen and oxygen atoms in total. The van der Waals surface area contributed by atoms with E-state index < -0.39 is 17.4 Å². The number of halogens is 1. The zero-order valence-electron chi connectivity index (χ0n) is 20.9. The highest BCUT2D eigenvalue weighted by atomic mass is 35.5. The average molecular weight is 517 g/mol. The molecule has 0 fully saturated rings. The van der Waals surface area contributed by atoms with Gasteiger partial charge < -0.3 is 24.8 Å². The van der Waals surface area contributed by atoms with Gasteiger partial charge >= 0.3 is 5.97 Å². The third-order valence-electron chi connectivity index (χ3n) is 6.31. The lowest BCUT2D eigenvalue weighted by molar-refractivity contribution is -0.151. The number of rotatable bonds is 12. The summed E-state index contributed by atoms with van der Waals surface area (Å²) in [6.07, 6.45) is 0. The van der Waals surface area contributed by atoms with E-state index in [0.717, 1.165) is 11.1 Å². The second-order valence-electron chi connectivity index (χ2n) is 9.08. The SMILES string of the molecule is CCN(Cc1ccc(OCCn2c(O)ccc2O)c(OC)c1)C(c1ccc(Cl)cc1)C(C)(C)C(=O)O. The Hall–Kier alpha value is -3.36. The summed E-state index contributed by atoms with van der Waals surface area (Å²) in [6.45, 7) is 7.03. The molecule has 9 heteroatoms. The van der Waals surface area contributed by atoms with Crippen LogP contribution in [-0.4, -0.2) is 51.0 Å².